The molecule has 0 saturated heterocycles. The van der Waals surface area contributed by atoms with Crippen molar-refractivity contribution < 1.29 is 19.0 Å². The van der Waals surface area contributed by atoms with E-state index in [1.165, 1.54) is 64.2 Å². The van der Waals surface area contributed by atoms with Gasteiger partial charge in [0.05, 0.1) is 20.1 Å². The van der Waals surface area contributed by atoms with Crippen LogP contribution in [0.3, 0.4) is 0 Å². The van der Waals surface area contributed by atoms with Crippen molar-refractivity contribution in [3.63, 3.8) is 0 Å². The van der Waals surface area contributed by atoms with Crippen LogP contribution in [0.1, 0.15) is 96.0 Å². The summed E-state index contributed by atoms with van der Waals surface area (Å²) in [6, 6.07) is 5.67. The molecule has 0 heterocycles. The molecule has 1 aromatic carbocycles. The van der Waals surface area contributed by atoms with Gasteiger partial charge in [-0.1, -0.05) is 69.8 Å². The summed E-state index contributed by atoms with van der Waals surface area (Å²) in [7, 11) is 3.44. The van der Waals surface area contributed by atoms with Gasteiger partial charge in [-0.05, 0) is 63.3 Å². The summed E-state index contributed by atoms with van der Waals surface area (Å²) < 4.78 is 16.6. The van der Waals surface area contributed by atoms with Crippen molar-refractivity contribution in [3.05, 3.63) is 48.1 Å². The Labute approximate surface area is 214 Å². The summed E-state index contributed by atoms with van der Waals surface area (Å²) >= 11 is 0. The Balaban J connectivity index is 2.10. The maximum absolute atomic E-state index is 11.7. The molecule has 0 spiro atoms. The van der Waals surface area contributed by atoms with Crippen molar-refractivity contribution in [1.29, 1.82) is 0 Å². The molecular formula is C30H49NO4. The molecule has 0 unspecified atom stereocenters. The zero-order chi connectivity index (χ0) is 25.4. The number of unbranched alkanes of at least 4 members (excludes halogenated alkanes) is 9. The van der Waals surface area contributed by atoms with Gasteiger partial charge < -0.3 is 19.5 Å². The van der Waals surface area contributed by atoms with Crippen molar-refractivity contribution in [2.75, 3.05) is 27.3 Å². The molecule has 5 heteroatoms. The van der Waals surface area contributed by atoms with Crippen LogP contribution >= 0.6 is 0 Å². The Bertz CT molecular complexity index is 714. The lowest BCUT2D eigenvalue weighted by Crippen LogP contribution is -2.14. The van der Waals surface area contributed by atoms with E-state index in [1.807, 2.05) is 25.2 Å². The smallest absolute Gasteiger partial charge is 0.307 e. The highest BCUT2D eigenvalue weighted by Crippen LogP contribution is 2.24. The minimum atomic E-state index is -0.217. The van der Waals surface area contributed by atoms with Crippen LogP contribution in [0.2, 0.25) is 0 Å². The molecule has 0 aromatic heterocycles. The van der Waals surface area contributed by atoms with Crippen LogP contribution in [0.25, 0.3) is 0 Å². The van der Waals surface area contributed by atoms with Gasteiger partial charge in [-0.3, -0.25) is 4.79 Å². The van der Waals surface area contributed by atoms with E-state index in [0.717, 1.165) is 24.2 Å². The van der Waals surface area contributed by atoms with Gasteiger partial charge in [0.15, 0.2) is 0 Å². The van der Waals surface area contributed by atoms with Gasteiger partial charge in [0.2, 0.25) is 0 Å². The van der Waals surface area contributed by atoms with Crippen molar-refractivity contribution in [3.8, 4) is 11.5 Å². The van der Waals surface area contributed by atoms with Crippen LogP contribution < -0.4 is 14.8 Å². The maximum atomic E-state index is 11.7. The minimum absolute atomic E-state index is 0.217. The molecule has 0 aliphatic rings. The second-order valence-electron chi connectivity index (χ2n) is 8.96. The summed E-state index contributed by atoms with van der Waals surface area (Å²) in [5.74, 6) is 1.25. The summed E-state index contributed by atoms with van der Waals surface area (Å²) in [5, 5.41) is 2.94. The second kappa shape index (κ2) is 22.2. The van der Waals surface area contributed by atoms with Crippen LogP contribution in [-0.4, -0.2) is 33.3 Å². The van der Waals surface area contributed by atoms with Crippen LogP contribution in [-0.2, 0) is 16.1 Å². The number of allylic oxidation sites excluding steroid dienone is 4. The summed E-state index contributed by atoms with van der Waals surface area (Å²) in [5.41, 5.74) is 0.870. The molecule has 1 rings (SSSR count). The Hall–Kier alpha value is -2.27. The quantitative estimate of drug-likeness (QED) is 0.104. The zero-order valence-electron chi connectivity index (χ0n) is 22.5. The van der Waals surface area contributed by atoms with Crippen molar-refractivity contribution in [1.82, 2.24) is 5.32 Å². The number of rotatable bonds is 22. The molecule has 1 aromatic rings. The van der Waals surface area contributed by atoms with Gasteiger partial charge in [-0.25, -0.2) is 0 Å². The normalized spacial score (nSPS) is 11.4. The number of esters is 1. The van der Waals surface area contributed by atoms with E-state index in [2.05, 4.69) is 36.5 Å². The van der Waals surface area contributed by atoms with Crippen LogP contribution in [0, 0.1) is 0 Å². The second-order valence-corrected chi connectivity index (χ2v) is 8.96. The fraction of sp³-hybridized carbons (Fsp3) is 0.633. The third-order valence-electron chi connectivity index (χ3n) is 5.77. The highest BCUT2D eigenvalue weighted by Gasteiger charge is 2.07. The number of nitrogens with one attached hydrogen (secondary N) is 1. The number of carbonyl (C=O) groups excluding carboxylic acids is 1. The monoisotopic (exact) mass is 487 g/mol. The summed E-state index contributed by atoms with van der Waals surface area (Å²) in [4.78, 5) is 11.7. The molecule has 1 N–H and O–H groups in total. The Morgan fingerprint density at radius 3 is 2.20 bits per heavy atom. The number of benzene rings is 1. The third-order valence-corrected chi connectivity index (χ3v) is 5.77. The van der Waals surface area contributed by atoms with E-state index in [4.69, 9.17) is 14.2 Å². The molecule has 0 fully saturated rings. The Morgan fingerprint density at radius 2 is 1.51 bits per heavy atom. The number of hydrogen-bond donors (Lipinski definition) is 1. The average molecular weight is 488 g/mol. The topological polar surface area (TPSA) is 56.8 Å². The Kier molecular flexibility index (Phi) is 19.5. The highest BCUT2D eigenvalue weighted by atomic mass is 16.5. The standard InChI is InChI=1S/C30H49NO4/c1-4-5-6-7-8-9-10-11-12-13-14-15-16-17-18-19-22-34-29-24-27(23-28(25-29)33-3)26-35-30(32)20-21-31-2/h8-9,11-12,23-25,31H,4-7,10,13-22,26H2,1-3H3/b9-8-,12-11-. The summed E-state index contributed by atoms with van der Waals surface area (Å²) in [6.07, 6.45) is 24.4. The molecule has 0 saturated carbocycles. The lowest BCUT2D eigenvalue weighted by atomic mass is 10.1. The Morgan fingerprint density at radius 1 is 0.857 bits per heavy atom. The predicted octanol–water partition coefficient (Wildman–Crippen LogP) is 7.54. The first-order valence-corrected chi connectivity index (χ1v) is 13.6. The van der Waals surface area contributed by atoms with Crippen LogP contribution in [0.15, 0.2) is 42.5 Å². The van der Waals surface area contributed by atoms with Crippen molar-refractivity contribution in [2.45, 2.75) is 97.0 Å². The number of hydrogen-bond acceptors (Lipinski definition) is 5. The predicted molar refractivity (Wildman–Crippen MR) is 146 cm³/mol. The van der Waals surface area contributed by atoms with Gasteiger partial charge in [0.1, 0.15) is 18.1 Å². The SMILES string of the molecule is CCCCC/C=C\C/C=C\CCCCCCCCOc1cc(COC(=O)CCNC)cc(OC)c1. The van der Waals surface area contributed by atoms with E-state index in [0.29, 0.717) is 25.3 Å². The van der Waals surface area contributed by atoms with Gasteiger partial charge in [0, 0.05) is 12.6 Å². The van der Waals surface area contributed by atoms with Crippen molar-refractivity contribution in [2.24, 2.45) is 0 Å². The first kappa shape index (κ1) is 30.8. The lowest BCUT2D eigenvalue weighted by molar-refractivity contribution is -0.144. The molecule has 5 nitrogen and oxygen atoms in total. The van der Waals surface area contributed by atoms with Crippen LogP contribution in [0.5, 0.6) is 11.5 Å². The molecule has 0 aliphatic heterocycles. The van der Waals surface area contributed by atoms with E-state index < -0.39 is 0 Å². The van der Waals surface area contributed by atoms with Crippen molar-refractivity contribution >= 4 is 5.97 Å². The number of methoxy groups -OCH3 is 1. The fourth-order valence-electron chi connectivity index (χ4n) is 3.66. The molecular weight excluding hydrogens is 438 g/mol. The zero-order valence-corrected chi connectivity index (χ0v) is 22.5. The number of carbonyl (C=O) groups is 1. The fourth-order valence-corrected chi connectivity index (χ4v) is 3.66. The third kappa shape index (κ3) is 17.8. The molecule has 0 atom stereocenters. The highest BCUT2D eigenvalue weighted by molar-refractivity contribution is 5.69. The van der Waals surface area contributed by atoms with Crippen LogP contribution in [0.4, 0.5) is 0 Å². The minimum Gasteiger partial charge on any atom is -0.497 e. The van der Waals surface area contributed by atoms with E-state index in [1.54, 1.807) is 7.11 Å². The van der Waals surface area contributed by atoms with E-state index in [-0.39, 0.29) is 12.6 Å². The number of ether oxygens (including phenoxy) is 3. The lowest BCUT2D eigenvalue weighted by Gasteiger charge is -2.11. The molecule has 35 heavy (non-hydrogen) atoms. The van der Waals surface area contributed by atoms with Gasteiger partial charge >= 0.3 is 5.97 Å². The average Bonchev–Trinajstić information content (AvgIpc) is 2.87. The largest absolute Gasteiger partial charge is 0.497 e. The van der Waals surface area contributed by atoms with Gasteiger partial charge in [-0.2, -0.15) is 0 Å². The van der Waals surface area contributed by atoms with E-state index in [9.17, 15) is 4.79 Å². The van der Waals surface area contributed by atoms with Gasteiger partial charge in [0.25, 0.3) is 0 Å². The summed E-state index contributed by atoms with van der Waals surface area (Å²) in [6.45, 7) is 3.77. The molecule has 198 valence electrons. The first-order valence-electron chi connectivity index (χ1n) is 13.6. The van der Waals surface area contributed by atoms with E-state index >= 15 is 0 Å². The molecule has 0 amide bonds. The molecule has 0 radical (unpaired) electrons. The van der Waals surface area contributed by atoms with Gasteiger partial charge in [-0.15, -0.1) is 0 Å². The maximum Gasteiger partial charge on any atom is 0.307 e. The molecule has 0 bridgehead atoms. The molecule has 0 aliphatic carbocycles. The first-order chi connectivity index (χ1) is 17.2.